The Bertz CT molecular complexity index is 666. The third-order valence-electron chi connectivity index (χ3n) is 10.0. The predicted octanol–water partition coefficient (Wildman–Crippen LogP) is 6.31. The summed E-state index contributed by atoms with van der Waals surface area (Å²) in [6.07, 6.45) is 13.8. The van der Waals surface area contributed by atoms with Crippen molar-refractivity contribution in [1.29, 1.82) is 0 Å². The van der Waals surface area contributed by atoms with Crippen molar-refractivity contribution in [1.82, 2.24) is 0 Å². The Kier molecular flexibility index (Phi) is 6.75. The van der Waals surface area contributed by atoms with Gasteiger partial charge in [0.25, 0.3) is 0 Å². The van der Waals surface area contributed by atoms with E-state index >= 15 is 0 Å². The molecular weight excluding hydrogens is 388 g/mol. The number of rotatable bonds is 5. The van der Waals surface area contributed by atoms with Crippen LogP contribution in [-0.2, 0) is 19.1 Å². The lowest BCUT2D eigenvalue weighted by Crippen LogP contribution is -2.56. The summed E-state index contributed by atoms with van der Waals surface area (Å²) in [7, 11) is 0. The Labute approximate surface area is 189 Å². The summed E-state index contributed by atoms with van der Waals surface area (Å²) in [6.45, 7) is 9.13. The van der Waals surface area contributed by atoms with Crippen molar-refractivity contribution >= 4 is 11.9 Å². The monoisotopic (exact) mass is 432 g/mol. The van der Waals surface area contributed by atoms with Crippen LogP contribution in [0.25, 0.3) is 0 Å². The molecule has 0 heterocycles. The average molecular weight is 433 g/mol. The minimum Gasteiger partial charge on any atom is -0.460 e. The molecule has 0 saturated heterocycles. The van der Waals surface area contributed by atoms with Gasteiger partial charge in [0.05, 0.1) is 5.41 Å². The van der Waals surface area contributed by atoms with Gasteiger partial charge in [0.2, 0.25) is 0 Å². The van der Waals surface area contributed by atoms with Crippen molar-refractivity contribution < 1.29 is 19.1 Å². The Morgan fingerprint density at radius 3 is 2.39 bits per heavy atom. The maximum absolute atomic E-state index is 13.3. The summed E-state index contributed by atoms with van der Waals surface area (Å²) < 4.78 is 11.1. The van der Waals surface area contributed by atoms with E-state index in [1.165, 1.54) is 32.1 Å². The largest absolute Gasteiger partial charge is 0.460 e. The van der Waals surface area contributed by atoms with Gasteiger partial charge >= 0.3 is 11.9 Å². The number of esters is 2. The number of ether oxygens (including phenoxy) is 2. The quantitative estimate of drug-likeness (QED) is 0.478. The summed E-state index contributed by atoms with van der Waals surface area (Å²) in [5.41, 5.74) is -0.248. The molecule has 4 heteroatoms. The van der Waals surface area contributed by atoms with Gasteiger partial charge in [-0.15, -0.1) is 0 Å². The highest BCUT2D eigenvalue weighted by atomic mass is 16.6. The normalized spacial score (nSPS) is 40.8. The molecule has 6 atom stereocenters. The Balaban J connectivity index is 1.40. The van der Waals surface area contributed by atoms with Crippen molar-refractivity contribution in [3.05, 3.63) is 0 Å². The molecule has 0 aromatic carbocycles. The fourth-order valence-electron chi connectivity index (χ4n) is 8.24. The van der Waals surface area contributed by atoms with E-state index in [0.717, 1.165) is 68.6 Å². The highest BCUT2D eigenvalue weighted by Crippen LogP contribution is 2.64. The minimum atomic E-state index is -0.472. The third-order valence-corrected chi connectivity index (χ3v) is 10.0. The zero-order valence-electron chi connectivity index (χ0n) is 20.3. The molecule has 4 fully saturated rings. The maximum atomic E-state index is 13.3. The van der Waals surface area contributed by atoms with Crippen molar-refractivity contribution in [3.8, 4) is 0 Å². The SMILES string of the molecule is CC(C)C1CC[C@@H]2C(CCC3[C@]2(C)CCC[C@]3(C)C(=O)OCC(=O)OC2CCCC2)C1. The van der Waals surface area contributed by atoms with Crippen molar-refractivity contribution in [3.63, 3.8) is 0 Å². The molecule has 4 nitrogen and oxygen atoms in total. The van der Waals surface area contributed by atoms with Gasteiger partial charge in [0.15, 0.2) is 6.61 Å². The van der Waals surface area contributed by atoms with E-state index in [-0.39, 0.29) is 30.1 Å². The lowest BCUT2D eigenvalue weighted by molar-refractivity contribution is -0.184. The molecule has 0 radical (unpaired) electrons. The summed E-state index contributed by atoms with van der Waals surface area (Å²) in [4.78, 5) is 25.5. The van der Waals surface area contributed by atoms with E-state index in [4.69, 9.17) is 9.47 Å². The van der Waals surface area contributed by atoms with Crippen LogP contribution in [0.15, 0.2) is 0 Å². The van der Waals surface area contributed by atoms with Crippen LogP contribution in [0.1, 0.15) is 105 Å². The zero-order valence-corrected chi connectivity index (χ0v) is 20.3. The first-order chi connectivity index (χ1) is 14.7. The maximum Gasteiger partial charge on any atom is 0.344 e. The van der Waals surface area contributed by atoms with Gasteiger partial charge < -0.3 is 9.47 Å². The summed E-state index contributed by atoms with van der Waals surface area (Å²) in [5, 5.41) is 0. The fraction of sp³-hybridized carbons (Fsp3) is 0.926. The van der Waals surface area contributed by atoms with E-state index < -0.39 is 5.41 Å². The first kappa shape index (κ1) is 23.1. The van der Waals surface area contributed by atoms with Crippen LogP contribution in [0, 0.1) is 40.4 Å². The predicted molar refractivity (Wildman–Crippen MR) is 121 cm³/mol. The van der Waals surface area contributed by atoms with Crippen LogP contribution in [0.5, 0.6) is 0 Å². The Hall–Kier alpha value is -1.06. The first-order valence-corrected chi connectivity index (χ1v) is 13.1. The smallest absolute Gasteiger partial charge is 0.344 e. The zero-order chi connectivity index (χ0) is 22.2. The molecule has 0 aromatic rings. The van der Waals surface area contributed by atoms with Crippen LogP contribution in [0.2, 0.25) is 0 Å². The molecule has 4 aliphatic rings. The van der Waals surface area contributed by atoms with Crippen molar-refractivity contribution in [2.45, 2.75) is 111 Å². The van der Waals surface area contributed by atoms with Crippen LogP contribution in [0.4, 0.5) is 0 Å². The molecule has 0 aliphatic heterocycles. The second kappa shape index (κ2) is 9.06. The molecule has 4 saturated carbocycles. The lowest BCUT2D eigenvalue weighted by Gasteiger charge is -2.61. The second-order valence-electron chi connectivity index (χ2n) is 12.1. The molecule has 3 unspecified atom stereocenters. The molecule has 0 aromatic heterocycles. The van der Waals surface area contributed by atoms with Crippen LogP contribution >= 0.6 is 0 Å². The van der Waals surface area contributed by atoms with Gasteiger partial charge in [-0.05, 0) is 113 Å². The van der Waals surface area contributed by atoms with Gasteiger partial charge in [0, 0.05) is 0 Å². The van der Waals surface area contributed by atoms with E-state index in [0.29, 0.717) is 5.92 Å². The molecule has 4 rings (SSSR count). The standard InChI is InChI=1S/C27H44O4/c1-18(2)19-10-12-22-20(16-19)11-13-23-26(22,3)14-7-15-27(23,4)25(29)30-17-24(28)31-21-8-5-6-9-21/h18-23H,5-17H2,1-4H3/t19?,20?,22-,23?,26-,27+/m1/s1. The summed E-state index contributed by atoms with van der Waals surface area (Å²) >= 11 is 0. The van der Waals surface area contributed by atoms with Crippen molar-refractivity contribution in [2.24, 2.45) is 40.4 Å². The molecule has 4 aliphatic carbocycles. The molecule has 0 amide bonds. The number of carbonyl (C=O) groups is 2. The van der Waals surface area contributed by atoms with Gasteiger partial charge in [-0.2, -0.15) is 0 Å². The van der Waals surface area contributed by atoms with E-state index in [2.05, 4.69) is 27.7 Å². The van der Waals surface area contributed by atoms with E-state index in [1.54, 1.807) is 0 Å². The Morgan fingerprint density at radius 2 is 1.68 bits per heavy atom. The molecule has 0 spiro atoms. The van der Waals surface area contributed by atoms with E-state index in [1.807, 2.05) is 0 Å². The van der Waals surface area contributed by atoms with Crippen LogP contribution < -0.4 is 0 Å². The molecule has 31 heavy (non-hydrogen) atoms. The second-order valence-corrected chi connectivity index (χ2v) is 12.1. The van der Waals surface area contributed by atoms with Gasteiger partial charge in [-0.1, -0.05) is 27.2 Å². The summed E-state index contributed by atoms with van der Waals surface area (Å²) in [6, 6.07) is 0. The van der Waals surface area contributed by atoms with Crippen LogP contribution in [0.3, 0.4) is 0 Å². The first-order valence-electron chi connectivity index (χ1n) is 13.1. The fourth-order valence-corrected chi connectivity index (χ4v) is 8.24. The number of hydrogen-bond acceptors (Lipinski definition) is 4. The molecule has 0 N–H and O–H groups in total. The number of hydrogen-bond donors (Lipinski definition) is 0. The van der Waals surface area contributed by atoms with Gasteiger partial charge in [-0.3, -0.25) is 4.79 Å². The minimum absolute atomic E-state index is 0.0241. The number of fused-ring (bicyclic) bond motifs is 3. The van der Waals surface area contributed by atoms with Gasteiger partial charge in [-0.25, -0.2) is 4.79 Å². The molecule has 0 bridgehead atoms. The molecular formula is C27H44O4. The topological polar surface area (TPSA) is 52.6 Å². The number of carbonyl (C=O) groups excluding carboxylic acids is 2. The van der Waals surface area contributed by atoms with Gasteiger partial charge in [0.1, 0.15) is 6.10 Å². The average Bonchev–Trinajstić information content (AvgIpc) is 3.24. The Morgan fingerprint density at radius 1 is 0.935 bits per heavy atom. The highest BCUT2D eigenvalue weighted by Gasteiger charge is 2.59. The summed E-state index contributed by atoms with van der Waals surface area (Å²) in [5.74, 6) is 3.03. The van der Waals surface area contributed by atoms with Crippen molar-refractivity contribution in [2.75, 3.05) is 6.61 Å². The molecule has 176 valence electrons. The van der Waals surface area contributed by atoms with Crippen LogP contribution in [-0.4, -0.2) is 24.6 Å². The van der Waals surface area contributed by atoms with E-state index in [9.17, 15) is 9.59 Å². The highest BCUT2D eigenvalue weighted by molar-refractivity contribution is 5.80. The third kappa shape index (κ3) is 4.42. The lowest BCUT2D eigenvalue weighted by atomic mass is 9.43.